The van der Waals surface area contributed by atoms with Gasteiger partial charge >= 0.3 is 0 Å². The van der Waals surface area contributed by atoms with Gasteiger partial charge in [-0.25, -0.2) is 4.98 Å². The quantitative estimate of drug-likeness (QED) is 0.747. The predicted molar refractivity (Wildman–Crippen MR) is 54.2 cm³/mol. The molecule has 0 amide bonds. The van der Waals surface area contributed by atoms with E-state index < -0.39 is 0 Å². The van der Waals surface area contributed by atoms with Crippen molar-refractivity contribution in [3.8, 4) is 5.88 Å². The first-order chi connectivity index (χ1) is 6.61. The van der Waals surface area contributed by atoms with Crippen molar-refractivity contribution in [3.05, 3.63) is 16.7 Å². The highest BCUT2D eigenvalue weighted by Gasteiger charge is 2.05. The summed E-state index contributed by atoms with van der Waals surface area (Å²) in [6, 6.07) is 0. The van der Waals surface area contributed by atoms with Gasteiger partial charge in [0.05, 0.1) is 12.9 Å². The first kappa shape index (κ1) is 10.6. The second-order valence-corrected chi connectivity index (χ2v) is 3.48. The normalized spacial score (nSPS) is 10.5. The predicted octanol–water partition coefficient (Wildman–Crippen LogP) is 0.777. The summed E-state index contributed by atoms with van der Waals surface area (Å²) in [5.41, 5.74) is 5.14. The van der Waals surface area contributed by atoms with Gasteiger partial charge in [0.2, 0.25) is 5.88 Å². The summed E-state index contributed by atoms with van der Waals surface area (Å²) in [6.07, 6.45) is 2.19. The van der Waals surface area contributed by atoms with E-state index in [1.165, 1.54) is 6.33 Å². The van der Waals surface area contributed by atoms with Gasteiger partial charge in [0.25, 0.3) is 5.56 Å². The molecule has 14 heavy (non-hydrogen) atoms. The van der Waals surface area contributed by atoms with Gasteiger partial charge in [-0.3, -0.25) is 4.79 Å². The lowest BCUT2D eigenvalue weighted by Crippen LogP contribution is -2.15. The maximum Gasteiger partial charge on any atom is 0.277 e. The molecule has 1 rings (SSSR count). The monoisotopic (exact) mass is 197 g/mol. The van der Waals surface area contributed by atoms with Crippen LogP contribution in [0.4, 0.5) is 5.69 Å². The van der Waals surface area contributed by atoms with Crippen molar-refractivity contribution in [2.75, 3.05) is 12.3 Å². The van der Waals surface area contributed by atoms with E-state index in [1.807, 2.05) is 0 Å². The number of ether oxygens (including phenoxy) is 1. The molecule has 78 valence electrons. The highest BCUT2D eigenvalue weighted by Crippen LogP contribution is 2.11. The van der Waals surface area contributed by atoms with Crippen LogP contribution in [0.15, 0.2) is 11.1 Å². The number of nitrogens with two attached hydrogens (primary N) is 1. The second kappa shape index (κ2) is 4.64. The van der Waals surface area contributed by atoms with Gasteiger partial charge in [-0.15, -0.1) is 0 Å². The molecule has 5 nitrogen and oxygen atoms in total. The Morgan fingerprint density at radius 3 is 3.00 bits per heavy atom. The molecule has 0 aliphatic heterocycles. The first-order valence-electron chi connectivity index (χ1n) is 4.57. The largest absolute Gasteiger partial charge is 0.476 e. The third-order valence-corrected chi connectivity index (χ3v) is 1.79. The van der Waals surface area contributed by atoms with Gasteiger partial charge in [0, 0.05) is 0 Å². The van der Waals surface area contributed by atoms with Crippen LogP contribution in [0.5, 0.6) is 5.88 Å². The van der Waals surface area contributed by atoms with Crippen LogP contribution in [-0.2, 0) is 0 Å². The van der Waals surface area contributed by atoms with E-state index in [1.54, 1.807) is 0 Å². The molecular formula is C9H15N3O2. The van der Waals surface area contributed by atoms with Gasteiger partial charge in [-0.05, 0) is 12.3 Å². The van der Waals surface area contributed by atoms with E-state index >= 15 is 0 Å². The van der Waals surface area contributed by atoms with E-state index in [9.17, 15) is 4.79 Å². The maximum absolute atomic E-state index is 11.0. The molecular weight excluding hydrogens is 182 g/mol. The SMILES string of the molecule is CC(C)CCOc1nc[nH]c(=O)c1N. The van der Waals surface area contributed by atoms with E-state index in [0.717, 1.165) is 6.42 Å². The van der Waals surface area contributed by atoms with Crippen LogP contribution in [-0.4, -0.2) is 16.6 Å². The zero-order valence-electron chi connectivity index (χ0n) is 8.41. The van der Waals surface area contributed by atoms with Crippen molar-refractivity contribution in [3.63, 3.8) is 0 Å². The molecule has 0 radical (unpaired) electrons. The van der Waals surface area contributed by atoms with Crippen molar-refractivity contribution in [1.82, 2.24) is 9.97 Å². The third kappa shape index (κ3) is 2.76. The number of nitrogens with zero attached hydrogens (tertiary/aromatic N) is 1. The molecule has 0 spiro atoms. The van der Waals surface area contributed by atoms with Crippen LogP contribution in [0.1, 0.15) is 20.3 Å². The van der Waals surface area contributed by atoms with Gasteiger partial charge in [0.1, 0.15) is 0 Å². The van der Waals surface area contributed by atoms with Crippen LogP contribution >= 0.6 is 0 Å². The summed E-state index contributed by atoms with van der Waals surface area (Å²) in [5, 5.41) is 0. The average molecular weight is 197 g/mol. The minimum absolute atomic E-state index is 0.0382. The molecule has 0 unspecified atom stereocenters. The molecule has 0 aliphatic carbocycles. The summed E-state index contributed by atoms with van der Waals surface area (Å²) >= 11 is 0. The molecule has 1 aromatic rings. The number of anilines is 1. The Hall–Kier alpha value is -1.52. The molecule has 0 saturated carbocycles. The first-order valence-corrected chi connectivity index (χ1v) is 4.57. The van der Waals surface area contributed by atoms with Crippen LogP contribution < -0.4 is 16.0 Å². The third-order valence-electron chi connectivity index (χ3n) is 1.79. The van der Waals surface area contributed by atoms with Crippen molar-refractivity contribution in [2.24, 2.45) is 5.92 Å². The standard InChI is InChI=1S/C9H15N3O2/c1-6(2)3-4-14-9-7(10)8(13)11-5-12-9/h5-6H,3-4,10H2,1-2H3,(H,11,12,13). The Morgan fingerprint density at radius 1 is 1.64 bits per heavy atom. The zero-order chi connectivity index (χ0) is 10.6. The van der Waals surface area contributed by atoms with E-state index in [0.29, 0.717) is 12.5 Å². The molecule has 0 bridgehead atoms. The van der Waals surface area contributed by atoms with E-state index in [-0.39, 0.29) is 17.1 Å². The Morgan fingerprint density at radius 2 is 2.36 bits per heavy atom. The Balaban J connectivity index is 2.59. The number of nitrogens with one attached hydrogen (secondary N) is 1. The molecule has 0 aliphatic rings. The molecule has 1 heterocycles. The maximum atomic E-state index is 11.0. The van der Waals surface area contributed by atoms with Gasteiger partial charge < -0.3 is 15.5 Å². The van der Waals surface area contributed by atoms with Crippen LogP contribution in [0.2, 0.25) is 0 Å². The van der Waals surface area contributed by atoms with E-state index in [2.05, 4.69) is 23.8 Å². The molecule has 1 aromatic heterocycles. The number of hydrogen-bond donors (Lipinski definition) is 2. The van der Waals surface area contributed by atoms with Crippen molar-refractivity contribution < 1.29 is 4.74 Å². The smallest absolute Gasteiger partial charge is 0.277 e. The summed E-state index contributed by atoms with van der Waals surface area (Å²) < 4.78 is 5.27. The fourth-order valence-corrected chi connectivity index (χ4v) is 0.900. The number of rotatable bonds is 4. The number of H-pyrrole nitrogens is 1. The summed E-state index contributed by atoms with van der Waals surface area (Å²) in [5.74, 6) is 0.771. The van der Waals surface area contributed by atoms with Gasteiger partial charge in [0.15, 0.2) is 5.69 Å². The van der Waals surface area contributed by atoms with Crippen LogP contribution in [0.25, 0.3) is 0 Å². The molecule has 5 heteroatoms. The Labute approximate surface area is 82.3 Å². The molecule has 3 N–H and O–H groups in total. The van der Waals surface area contributed by atoms with Crippen molar-refractivity contribution in [1.29, 1.82) is 0 Å². The number of hydrogen-bond acceptors (Lipinski definition) is 4. The highest BCUT2D eigenvalue weighted by molar-refractivity contribution is 5.44. The van der Waals surface area contributed by atoms with Crippen LogP contribution in [0, 0.1) is 5.92 Å². The minimum atomic E-state index is -0.362. The lowest BCUT2D eigenvalue weighted by Gasteiger charge is -2.07. The molecule has 0 aromatic carbocycles. The summed E-state index contributed by atoms with van der Waals surface area (Å²) in [6.45, 7) is 4.72. The lowest BCUT2D eigenvalue weighted by atomic mass is 10.1. The van der Waals surface area contributed by atoms with Crippen molar-refractivity contribution in [2.45, 2.75) is 20.3 Å². The Bertz CT molecular complexity index is 346. The summed E-state index contributed by atoms with van der Waals surface area (Å²) in [7, 11) is 0. The van der Waals surface area contributed by atoms with Gasteiger partial charge in [-0.2, -0.15) is 0 Å². The highest BCUT2D eigenvalue weighted by atomic mass is 16.5. The fourth-order valence-electron chi connectivity index (χ4n) is 0.900. The summed E-state index contributed by atoms with van der Waals surface area (Å²) in [4.78, 5) is 17.2. The fraction of sp³-hybridized carbons (Fsp3) is 0.556. The topological polar surface area (TPSA) is 81.0 Å². The number of nitrogen functional groups attached to an aromatic ring is 1. The number of aromatic amines is 1. The minimum Gasteiger partial charge on any atom is -0.476 e. The Kier molecular flexibility index (Phi) is 3.50. The lowest BCUT2D eigenvalue weighted by molar-refractivity contribution is 0.280. The molecule has 0 fully saturated rings. The zero-order valence-corrected chi connectivity index (χ0v) is 8.41. The molecule has 0 atom stereocenters. The van der Waals surface area contributed by atoms with Crippen molar-refractivity contribution >= 4 is 5.69 Å². The second-order valence-electron chi connectivity index (χ2n) is 3.48. The van der Waals surface area contributed by atoms with Gasteiger partial charge in [-0.1, -0.05) is 13.8 Å². The molecule has 0 saturated heterocycles. The number of aromatic nitrogens is 2. The average Bonchev–Trinajstić information content (AvgIpc) is 2.12. The van der Waals surface area contributed by atoms with E-state index in [4.69, 9.17) is 10.5 Å². The van der Waals surface area contributed by atoms with Crippen LogP contribution in [0.3, 0.4) is 0 Å².